The first kappa shape index (κ1) is 10.9. The highest BCUT2D eigenvalue weighted by atomic mass is 16.5. The van der Waals surface area contributed by atoms with Crippen LogP contribution in [0.15, 0.2) is 16.9 Å². The van der Waals surface area contributed by atoms with Crippen molar-refractivity contribution in [1.82, 2.24) is 9.88 Å². The summed E-state index contributed by atoms with van der Waals surface area (Å²) in [5.41, 5.74) is 1.86. The third-order valence-electron chi connectivity index (χ3n) is 2.71. The van der Waals surface area contributed by atoms with Crippen molar-refractivity contribution >= 4 is 5.91 Å². The number of aromatic amines is 1. The maximum absolute atomic E-state index is 11.6. The maximum atomic E-state index is 11.6. The summed E-state index contributed by atoms with van der Waals surface area (Å²) in [7, 11) is 1.51. The molecule has 1 aliphatic heterocycles. The van der Waals surface area contributed by atoms with E-state index in [4.69, 9.17) is 4.74 Å². The van der Waals surface area contributed by atoms with Gasteiger partial charge in [-0.15, -0.1) is 0 Å². The molecule has 0 saturated carbocycles. The van der Waals surface area contributed by atoms with Crippen LogP contribution < -0.4 is 5.56 Å². The van der Waals surface area contributed by atoms with Crippen molar-refractivity contribution in [2.24, 2.45) is 0 Å². The molecule has 2 rings (SSSR count). The third kappa shape index (κ3) is 2.14. The molecule has 5 nitrogen and oxygen atoms in total. The molecule has 1 aliphatic rings. The van der Waals surface area contributed by atoms with Crippen molar-refractivity contribution < 1.29 is 9.53 Å². The molecule has 0 aromatic carbocycles. The predicted octanol–water partition coefficient (Wildman–Crippen LogP) is -0.0940. The molecule has 86 valence electrons. The van der Waals surface area contributed by atoms with Crippen molar-refractivity contribution in [2.75, 3.05) is 20.3 Å². The molecule has 0 unspecified atom stereocenters. The van der Waals surface area contributed by atoms with Crippen molar-refractivity contribution in [3.63, 3.8) is 0 Å². The minimum absolute atomic E-state index is 0.0145. The standard InChI is InChI=1S/C11H14N2O3/c1-16-7-11(15)13-5-4-9-8(6-13)2-3-10(14)12-9/h2-3H,4-7H2,1H3,(H,12,14). The number of pyridine rings is 1. The van der Waals surface area contributed by atoms with Crippen LogP contribution in [0.3, 0.4) is 0 Å². The zero-order valence-electron chi connectivity index (χ0n) is 9.16. The number of nitrogens with zero attached hydrogens (tertiary/aromatic N) is 1. The van der Waals surface area contributed by atoms with E-state index in [-0.39, 0.29) is 18.1 Å². The number of methoxy groups -OCH3 is 1. The molecule has 0 spiro atoms. The van der Waals surface area contributed by atoms with Gasteiger partial charge in [0, 0.05) is 38.4 Å². The van der Waals surface area contributed by atoms with Crippen molar-refractivity contribution in [1.29, 1.82) is 0 Å². The Morgan fingerprint density at radius 1 is 1.56 bits per heavy atom. The van der Waals surface area contributed by atoms with Gasteiger partial charge in [-0.3, -0.25) is 9.59 Å². The number of aromatic nitrogens is 1. The average molecular weight is 222 g/mol. The monoisotopic (exact) mass is 222 g/mol. The molecule has 0 saturated heterocycles. The molecule has 1 N–H and O–H groups in total. The number of carbonyl (C=O) groups excluding carboxylic acids is 1. The fourth-order valence-corrected chi connectivity index (χ4v) is 1.88. The van der Waals surface area contributed by atoms with Crippen LogP contribution in [0, 0.1) is 0 Å². The molecule has 0 atom stereocenters. The van der Waals surface area contributed by atoms with Crippen LogP contribution >= 0.6 is 0 Å². The molecule has 1 aromatic rings. The zero-order chi connectivity index (χ0) is 11.5. The Hall–Kier alpha value is -1.62. The van der Waals surface area contributed by atoms with Gasteiger partial charge in [0.15, 0.2) is 0 Å². The van der Waals surface area contributed by atoms with E-state index in [0.717, 1.165) is 11.3 Å². The van der Waals surface area contributed by atoms with E-state index in [1.807, 2.05) is 0 Å². The Balaban J connectivity index is 2.15. The van der Waals surface area contributed by atoms with Gasteiger partial charge in [-0.25, -0.2) is 0 Å². The molecule has 2 heterocycles. The number of nitrogens with one attached hydrogen (secondary N) is 1. The molecular formula is C11H14N2O3. The first-order valence-electron chi connectivity index (χ1n) is 5.18. The fourth-order valence-electron chi connectivity index (χ4n) is 1.88. The van der Waals surface area contributed by atoms with E-state index in [0.29, 0.717) is 19.5 Å². The van der Waals surface area contributed by atoms with E-state index in [2.05, 4.69) is 4.98 Å². The Bertz CT molecular complexity index is 453. The van der Waals surface area contributed by atoms with Crippen LogP contribution in [0.4, 0.5) is 0 Å². The highest BCUT2D eigenvalue weighted by Crippen LogP contribution is 2.15. The van der Waals surface area contributed by atoms with E-state index in [1.54, 1.807) is 11.0 Å². The summed E-state index contributed by atoms with van der Waals surface area (Å²) in [6, 6.07) is 3.27. The first-order chi connectivity index (χ1) is 7.70. The molecule has 0 radical (unpaired) electrons. The van der Waals surface area contributed by atoms with Crippen LogP contribution in [-0.2, 0) is 22.5 Å². The van der Waals surface area contributed by atoms with Crippen molar-refractivity contribution in [3.05, 3.63) is 33.7 Å². The lowest BCUT2D eigenvalue weighted by Gasteiger charge is -2.28. The lowest BCUT2D eigenvalue weighted by molar-refractivity contribution is -0.136. The number of H-pyrrole nitrogens is 1. The van der Waals surface area contributed by atoms with E-state index >= 15 is 0 Å². The van der Waals surface area contributed by atoms with Crippen LogP contribution in [-0.4, -0.2) is 36.1 Å². The molecule has 0 fully saturated rings. The van der Waals surface area contributed by atoms with Crippen LogP contribution in [0.1, 0.15) is 11.3 Å². The van der Waals surface area contributed by atoms with E-state index < -0.39 is 0 Å². The lowest BCUT2D eigenvalue weighted by Crippen LogP contribution is -2.38. The van der Waals surface area contributed by atoms with Crippen molar-refractivity contribution in [2.45, 2.75) is 13.0 Å². The van der Waals surface area contributed by atoms with E-state index in [1.165, 1.54) is 13.2 Å². The highest BCUT2D eigenvalue weighted by molar-refractivity contribution is 5.77. The van der Waals surface area contributed by atoms with Gasteiger partial charge in [-0.2, -0.15) is 0 Å². The van der Waals surface area contributed by atoms with Gasteiger partial charge >= 0.3 is 0 Å². The molecule has 1 aromatic heterocycles. The quantitative estimate of drug-likeness (QED) is 0.760. The van der Waals surface area contributed by atoms with Crippen LogP contribution in [0.5, 0.6) is 0 Å². The molecule has 16 heavy (non-hydrogen) atoms. The minimum Gasteiger partial charge on any atom is -0.375 e. The summed E-state index contributed by atoms with van der Waals surface area (Å²) in [5.74, 6) is -0.0145. The smallest absolute Gasteiger partial charge is 0.248 e. The maximum Gasteiger partial charge on any atom is 0.248 e. The fraction of sp³-hybridized carbons (Fsp3) is 0.455. The third-order valence-corrected chi connectivity index (χ3v) is 2.71. The number of rotatable bonds is 2. The zero-order valence-corrected chi connectivity index (χ0v) is 9.16. The van der Waals surface area contributed by atoms with Gasteiger partial charge in [-0.1, -0.05) is 6.07 Å². The SMILES string of the molecule is COCC(=O)N1CCc2[nH]c(=O)ccc2C1. The largest absolute Gasteiger partial charge is 0.375 e. The summed E-state index contributed by atoms with van der Waals surface area (Å²) >= 11 is 0. The number of amides is 1. The number of hydrogen-bond acceptors (Lipinski definition) is 3. The summed E-state index contributed by atoms with van der Waals surface area (Å²) < 4.78 is 4.81. The Kier molecular flexibility index (Phi) is 3.05. The Morgan fingerprint density at radius 3 is 3.12 bits per heavy atom. The first-order valence-corrected chi connectivity index (χ1v) is 5.18. The Labute approximate surface area is 93.0 Å². The van der Waals surface area contributed by atoms with Gasteiger partial charge in [0.25, 0.3) is 0 Å². The second-order valence-electron chi connectivity index (χ2n) is 3.82. The summed E-state index contributed by atoms with van der Waals surface area (Å²) in [4.78, 5) is 27.2. The van der Waals surface area contributed by atoms with Gasteiger partial charge in [0.1, 0.15) is 6.61 Å². The number of fused-ring (bicyclic) bond motifs is 1. The van der Waals surface area contributed by atoms with Gasteiger partial charge in [0.2, 0.25) is 11.5 Å². The lowest BCUT2D eigenvalue weighted by atomic mass is 10.1. The summed E-state index contributed by atoms with van der Waals surface area (Å²) in [6.45, 7) is 1.29. The normalized spacial score (nSPS) is 14.7. The van der Waals surface area contributed by atoms with Gasteiger partial charge < -0.3 is 14.6 Å². The Morgan fingerprint density at radius 2 is 2.38 bits per heavy atom. The molecule has 0 bridgehead atoms. The van der Waals surface area contributed by atoms with Gasteiger partial charge in [-0.05, 0) is 5.56 Å². The number of carbonyl (C=O) groups is 1. The van der Waals surface area contributed by atoms with Crippen molar-refractivity contribution in [3.8, 4) is 0 Å². The number of hydrogen-bond donors (Lipinski definition) is 1. The van der Waals surface area contributed by atoms with Gasteiger partial charge in [0.05, 0.1) is 0 Å². The highest BCUT2D eigenvalue weighted by Gasteiger charge is 2.20. The molecule has 0 aliphatic carbocycles. The summed E-state index contributed by atoms with van der Waals surface area (Å²) in [5, 5.41) is 0. The minimum atomic E-state index is -0.0876. The van der Waals surface area contributed by atoms with Crippen LogP contribution in [0.25, 0.3) is 0 Å². The topological polar surface area (TPSA) is 62.4 Å². The second-order valence-corrected chi connectivity index (χ2v) is 3.82. The average Bonchev–Trinajstić information content (AvgIpc) is 2.28. The second kappa shape index (κ2) is 4.49. The van der Waals surface area contributed by atoms with Crippen LogP contribution in [0.2, 0.25) is 0 Å². The molecule has 5 heteroatoms. The molecular weight excluding hydrogens is 208 g/mol. The van der Waals surface area contributed by atoms with E-state index in [9.17, 15) is 9.59 Å². The molecule has 1 amide bonds. The predicted molar refractivity (Wildman–Crippen MR) is 58.1 cm³/mol. The summed E-state index contributed by atoms with van der Waals surface area (Å²) in [6.07, 6.45) is 0.695. The number of ether oxygens (including phenoxy) is 1.